The smallest absolute Gasteiger partial charge is 0.220 e. The van der Waals surface area contributed by atoms with Gasteiger partial charge in [-0.2, -0.15) is 0 Å². The van der Waals surface area contributed by atoms with Crippen molar-refractivity contribution in [1.29, 1.82) is 0 Å². The van der Waals surface area contributed by atoms with Gasteiger partial charge in [0.25, 0.3) is 0 Å². The number of piperidine rings is 1. The van der Waals surface area contributed by atoms with Crippen LogP contribution in [-0.2, 0) is 4.79 Å². The molecule has 1 amide bonds. The number of ether oxygens (including phenoxy) is 1. The second-order valence-corrected chi connectivity index (χ2v) is 7.59. The molecule has 5 nitrogen and oxygen atoms in total. The minimum Gasteiger partial charge on any atom is -0.497 e. The van der Waals surface area contributed by atoms with Crippen molar-refractivity contribution in [2.24, 2.45) is 11.8 Å². The molecule has 0 aromatic heterocycles. The summed E-state index contributed by atoms with van der Waals surface area (Å²) in [4.78, 5) is 15.0. The maximum Gasteiger partial charge on any atom is 0.220 e. The lowest BCUT2D eigenvalue weighted by molar-refractivity contribution is -0.122. The van der Waals surface area contributed by atoms with Crippen LogP contribution in [0.5, 0.6) is 5.75 Å². The normalized spacial score (nSPS) is 16.3. The third-order valence-electron chi connectivity index (χ3n) is 5.92. The zero-order valence-electron chi connectivity index (χ0n) is 18.3. The molecule has 0 radical (unpaired) electrons. The van der Waals surface area contributed by atoms with Crippen LogP contribution in [0.15, 0.2) is 24.3 Å². The standard InChI is InChI=1S/C22H37N3O2.2ClH/c1-5-25(6-2)21(19-8-7-9-20(15-19)27-4)16-24-22(26)14-17(3)18-10-12-23-13-11-18;;/h7-9,15,17-18,21,23H,5-6,10-14,16H2,1-4H3,(H,24,26);2*1H. The van der Waals surface area contributed by atoms with Crippen molar-refractivity contribution in [1.82, 2.24) is 15.5 Å². The van der Waals surface area contributed by atoms with Crippen LogP contribution in [0.1, 0.15) is 51.6 Å². The van der Waals surface area contributed by atoms with Gasteiger partial charge in [0.15, 0.2) is 0 Å². The monoisotopic (exact) mass is 447 g/mol. The van der Waals surface area contributed by atoms with E-state index in [4.69, 9.17) is 4.74 Å². The number of halogens is 2. The van der Waals surface area contributed by atoms with Crippen LogP contribution < -0.4 is 15.4 Å². The molecule has 1 fully saturated rings. The van der Waals surface area contributed by atoms with Gasteiger partial charge in [-0.1, -0.05) is 32.9 Å². The molecule has 0 bridgehead atoms. The number of methoxy groups -OCH3 is 1. The van der Waals surface area contributed by atoms with E-state index >= 15 is 0 Å². The van der Waals surface area contributed by atoms with Gasteiger partial charge < -0.3 is 15.4 Å². The van der Waals surface area contributed by atoms with E-state index in [1.165, 1.54) is 18.4 Å². The Hall–Kier alpha value is -1.01. The van der Waals surface area contributed by atoms with E-state index in [-0.39, 0.29) is 36.8 Å². The molecule has 2 atom stereocenters. The van der Waals surface area contributed by atoms with Gasteiger partial charge >= 0.3 is 0 Å². The molecular weight excluding hydrogens is 409 g/mol. The van der Waals surface area contributed by atoms with Crippen LogP contribution in [0.25, 0.3) is 0 Å². The molecule has 168 valence electrons. The first kappa shape index (κ1) is 28.0. The zero-order chi connectivity index (χ0) is 19.6. The van der Waals surface area contributed by atoms with Crippen molar-refractivity contribution >= 4 is 30.7 Å². The number of rotatable bonds is 10. The van der Waals surface area contributed by atoms with Crippen molar-refractivity contribution in [3.05, 3.63) is 29.8 Å². The number of amides is 1. The summed E-state index contributed by atoms with van der Waals surface area (Å²) in [7, 11) is 1.69. The van der Waals surface area contributed by atoms with E-state index in [2.05, 4.69) is 48.4 Å². The molecule has 1 heterocycles. The summed E-state index contributed by atoms with van der Waals surface area (Å²) in [5, 5.41) is 6.60. The second-order valence-electron chi connectivity index (χ2n) is 7.59. The Bertz CT molecular complexity index is 579. The molecule has 0 spiro atoms. The highest BCUT2D eigenvalue weighted by molar-refractivity contribution is 5.85. The molecular formula is C22H39Cl2N3O2. The predicted molar refractivity (Wildman–Crippen MR) is 126 cm³/mol. The van der Waals surface area contributed by atoms with E-state index < -0.39 is 0 Å². The number of carbonyl (C=O) groups excluding carboxylic acids is 1. The molecule has 2 N–H and O–H groups in total. The number of hydrogen-bond acceptors (Lipinski definition) is 4. The first-order chi connectivity index (χ1) is 13.1. The van der Waals surface area contributed by atoms with Crippen molar-refractivity contribution < 1.29 is 9.53 Å². The third-order valence-corrected chi connectivity index (χ3v) is 5.92. The van der Waals surface area contributed by atoms with Crippen LogP contribution in [0.4, 0.5) is 0 Å². The van der Waals surface area contributed by atoms with Crippen LogP contribution in [0.2, 0.25) is 0 Å². The number of likely N-dealkylation sites (N-methyl/N-ethyl adjacent to an activating group) is 1. The minimum atomic E-state index is 0. The first-order valence-corrected chi connectivity index (χ1v) is 10.4. The average Bonchev–Trinajstić information content (AvgIpc) is 2.71. The van der Waals surface area contributed by atoms with Crippen molar-refractivity contribution in [3.63, 3.8) is 0 Å². The van der Waals surface area contributed by atoms with E-state index in [1.807, 2.05) is 12.1 Å². The molecule has 1 aromatic rings. The van der Waals surface area contributed by atoms with E-state index in [9.17, 15) is 4.79 Å². The Morgan fingerprint density at radius 1 is 1.24 bits per heavy atom. The molecule has 0 saturated carbocycles. The lowest BCUT2D eigenvalue weighted by atomic mass is 9.84. The SMILES string of the molecule is CCN(CC)C(CNC(=O)CC(C)C1CCNCC1)c1cccc(OC)c1.Cl.Cl. The topological polar surface area (TPSA) is 53.6 Å². The fraction of sp³-hybridized carbons (Fsp3) is 0.682. The van der Waals surface area contributed by atoms with Crippen molar-refractivity contribution in [2.75, 3.05) is 39.8 Å². The summed E-state index contributed by atoms with van der Waals surface area (Å²) in [6.45, 7) is 11.2. The second kappa shape index (κ2) is 14.9. The minimum absolute atomic E-state index is 0. The van der Waals surface area contributed by atoms with Gasteiger partial charge in [0.2, 0.25) is 5.91 Å². The van der Waals surface area contributed by atoms with Gasteiger partial charge in [0.1, 0.15) is 5.75 Å². The molecule has 1 aliphatic rings. The highest BCUT2D eigenvalue weighted by Gasteiger charge is 2.23. The lowest BCUT2D eigenvalue weighted by Gasteiger charge is -2.31. The Morgan fingerprint density at radius 2 is 1.90 bits per heavy atom. The summed E-state index contributed by atoms with van der Waals surface area (Å²) in [6, 6.07) is 8.34. The lowest BCUT2D eigenvalue weighted by Crippen LogP contribution is -2.39. The van der Waals surface area contributed by atoms with Gasteiger partial charge in [-0.25, -0.2) is 0 Å². The molecule has 1 aromatic carbocycles. The molecule has 0 aliphatic carbocycles. The van der Waals surface area contributed by atoms with Gasteiger partial charge in [-0.15, -0.1) is 24.8 Å². The van der Waals surface area contributed by atoms with E-state index in [0.717, 1.165) is 31.9 Å². The Morgan fingerprint density at radius 3 is 2.48 bits per heavy atom. The third kappa shape index (κ3) is 8.71. The molecule has 29 heavy (non-hydrogen) atoms. The molecule has 2 rings (SSSR count). The first-order valence-electron chi connectivity index (χ1n) is 10.4. The van der Waals surface area contributed by atoms with Crippen molar-refractivity contribution in [3.8, 4) is 5.75 Å². The van der Waals surface area contributed by atoms with Crippen LogP contribution in [0, 0.1) is 11.8 Å². The molecule has 1 saturated heterocycles. The number of nitrogens with zero attached hydrogens (tertiary/aromatic N) is 1. The number of nitrogens with one attached hydrogen (secondary N) is 2. The Balaban J connectivity index is 0.00000392. The highest BCUT2D eigenvalue weighted by Crippen LogP contribution is 2.26. The number of carbonyl (C=O) groups is 1. The van der Waals surface area contributed by atoms with Crippen LogP contribution >= 0.6 is 24.8 Å². The quantitative estimate of drug-likeness (QED) is 0.567. The van der Waals surface area contributed by atoms with Gasteiger partial charge in [-0.05, 0) is 68.6 Å². The van der Waals surface area contributed by atoms with Crippen LogP contribution in [0.3, 0.4) is 0 Å². The maximum absolute atomic E-state index is 12.6. The van der Waals surface area contributed by atoms with Gasteiger partial charge in [0.05, 0.1) is 13.2 Å². The zero-order valence-corrected chi connectivity index (χ0v) is 19.9. The summed E-state index contributed by atoms with van der Waals surface area (Å²) in [5.74, 6) is 2.13. The Kier molecular flexibility index (Phi) is 14.4. The van der Waals surface area contributed by atoms with Gasteiger partial charge in [-0.3, -0.25) is 9.69 Å². The van der Waals surface area contributed by atoms with Gasteiger partial charge in [0, 0.05) is 13.0 Å². The number of benzene rings is 1. The summed E-state index contributed by atoms with van der Waals surface area (Å²) < 4.78 is 5.39. The molecule has 2 unspecified atom stereocenters. The Labute approximate surface area is 189 Å². The summed E-state index contributed by atoms with van der Waals surface area (Å²) in [6.07, 6.45) is 2.98. The predicted octanol–water partition coefficient (Wildman–Crippen LogP) is 4.06. The van der Waals surface area contributed by atoms with Crippen LogP contribution in [-0.4, -0.2) is 50.6 Å². The van der Waals surface area contributed by atoms with Crippen molar-refractivity contribution in [2.45, 2.75) is 46.1 Å². The van der Waals surface area contributed by atoms with E-state index in [0.29, 0.717) is 24.8 Å². The summed E-state index contributed by atoms with van der Waals surface area (Å²) in [5.41, 5.74) is 1.18. The fourth-order valence-electron chi connectivity index (χ4n) is 4.13. The fourth-order valence-corrected chi connectivity index (χ4v) is 4.13. The summed E-state index contributed by atoms with van der Waals surface area (Å²) >= 11 is 0. The van der Waals surface area contributed by atoms with E-state index in [1.54, 1.807) is 7.11 Å². The molecule has 7 heteroatoms. The maximum atomic E-state index is 12.6. The largest absolute Gasteiger partial charge is 0.497 e. The average molecular weight is 448 g/mol. The highest BCUT2D eigenvalue weighted by atomic mass is 35.5. The number of hydrogen-bond donors (Lipinski definition) is 2. The molecule has 1 aliphatic heterocycles.